The Morgan fingerprint density at radius 2 is 1.91 bits per heavy atom. The summed E-state index contributed by atoms with van der Waals surface area (Å²) in [4.78, 5) is 35.6. The molecule has 5 N–H and O–H groups in total. The number of aromatic amines is 1. The van der Waals surface area contributed by atoms with Crippen molar-refractivity contribution in [1.82, 2.24) is 19.4 Å². The van der Waals surface area contributed by atoms with Crippen molar-refractivity contribution in [3.8, 4) is 11.3 Å². The molecule has 0 aliphatic carbocycles. The van der Waals surface area contributed by atoms with Gasteiger partial charge >= 0.3 is 0 Å². The van der Waals surface area contributed by atoms with Gasteiger partial charge in [-0.25, -0.2) is 4.98 Å². The normalized spacial score (nSPS) is 12.7. The Bertz CT molecular complexity index is 1860. The molecule has 0 spiro atoms. The number of aliphatic hydroxyl groups is 1. The van der Waals surface area contributed by atoms with Gasteiger partial charge in [-0.2, -0.15) is 0 Å². The summed E-state index contributed by atoms with van der Waals surface area (Å²) >= 11 is 0. The van der Waals surface area contributed by atoms with E-state index in [1.54, 1.807) is 24.2 Å². The number of anilines is 2. The van der Waals surface area contributed by atoms with Crippen molar-refractivity contribution in [1.29, 1.82) is 0 Å². The number of aryl methyl sites for hydroxylation is 2. The summed E-state index contributed by atoms with van der Waals surface area (Å²) in [7, 11) is 3.74. The smallest absolute Gasteiger partial charge is 0.255 e. The fourth-order valence-corrected chi connectivity index (χ4v) is 5.56. The molecule has 5 rings (SSSR count). The van der Waals surface area contributed by atoms with Crippen LogP contribution in [0.1, 0.15) is 47.0 Å². The van der Waals surface area contributed by atoms with Crippen molar-refractivity contribution in [2.24, 2.45) is 7.05 Å². The van der Waals surface area contributed by atoms with Crippen molar-refractivity contribution in [3.05, 3.63) is 111 Å². The van der Waals surface area contributed by atoms with E-state index in [1.165, 1.54) is 0 Å². The fourth-order valence-electron chi connectivity index (χ4n) is 5.56. The van der Waals surface area contributed by atoms with Crippen LogP contribution in [0.2, 0.25) is 0 Å². The Morgan fingerprint density at radius 1 is 1.12 bits per heavy atom. The van der Waals surface area contributed by atoms with Crippen molar-refractivity contribution in [3.63, 3.8) is 0 Å². The van der Waals surface area contributed by atoms with Crippen LogP contribution in [0.15, 0.2) is 77.9 Å². The number of rotatable bonds is 9. The Hall–Kier alpha value is -4.89. The molecule has 0 saturated heterocycles. The number of imidazole rings is 1. The molecule has 0 bridgehead atoms. The first kappa shape index (κ1) is 29.6. The van der Waals surface area contributed by atoms with Gasteiger partial charge in [0.05, 0.1) is 11.9 Å². The number of nitrogens with zero attached hydrogens (tertiary/aromatic N) is 3. The molecule has 0 fully saturated rings. The van der Waals surface area contributed by atoms with Gasteiger partial charge in [-0.05, 0) is 71.8 Å². The molecule has 222 valence electrons. The first-order chi connectivity index (χ1) is 20.6. The SMILES string of the molecule is Cc1cc(C(Nc2ccc3cc[nH]c(=O)c3c2)C(=O)N(C)Cc2cc(N)ccc2-c2cnc(C)n2C)ccc1[C@@H](C)CO. The summed E-state index contributed by atoms with van der Waals surface area (Å²) in [5.74, 6) is 0.706. The topological polar surface area (TPSA) is 129 Å². The lowest BCUT2D eigenvalue weighted by molar-refractivity contribution is -0.131. The molecule has 2 aromatic heterocycles. The van der Waals surface area contributed by atoms with Gasteiger partial charge in [-0.3, -0.25) is 9.59 Å². The zero-order valence-corrected chi connectivity index (χ0v) is 25.2. The zero-order valence-electron chi connectivity index (χ0n) is 25.2. The first-order valence-electron chi connectivity index (χ1n) is 14.3. The van der Waals surface area contributed by atoms with E-state index in [4.69, 9.17) is 5.73 Å². The fraction of sp³-hybridized carbons (Fsp3) is 0.265. The number of fused-ring (bicyclic) bond motifs is 1. The predicted molar refractivity (Wildman–Crippen MR) is 172 cm³/mol. The largest absolute Gasteiger partial charge is 0.399 e. The summed E-state index contributed by atoms with van der Waals surface area (Å²) in [5, 5.41) is 14.5. The molecule has 3 aromatic carbocycles. The summed E-state index contributed by atoms with van der Waals surface area (Å²) in [6.07, 6.45) is 3.45. The van der Waals surface area contributed by atoms with E-state index in [2.05, 4.69) is 15.3 Å². The number of H-pyrrole nitrogens is 1. The Kier molecular flexibility index (Phi) is 8.36. The standard InChI is InChI=1S/C34H38N6O3/c1-20-14-24(7-10-28(20)21(2)19-41)32(38-27-9-6-23-12-13-36-33(42)30(23)16-27)34(43)39(4)18-25-15-26(35)8-11-29(25)31-17-37-22(3)40(31)5/h6-17,21,32,38,41H,18-19,35H2,1-5H3,(H,36,42)/t21-,32?/m0/s1. The lowest BCUT2D eigenvalue weighted by atomic mass is 9.93. The van der Waals surface area contributed by atoms with E-state index in [0.29, 0.717) is 23.3 Å². The molecule has 1 unspecified atom stereocenters. The molecular weight excluding hydrogens is 540 g/mol. The maximum atomic E-state index is 14.3. The molecule has 9 nitrogen and oxygen atoms in total. The lowest BCUT2D eigenvalue weighted by Crippen LogP contribution is -2.35. The Balaban J connectivity index is 1.52. The van der Waals surface area contributed by atoms with Crippen LogP contribution >= 0.6 is 0 Å². The molecule has 5 aromatic rings. The number of pyridine rings is 1. The van der Waals surface area contributed by atoms with Gasteiger partial charge in [-0.15, -0.1) is 0 Å². The van der Waals surface area contributed by atoms with Crippen LogP contribution in [0.5, 0.6) is 0 Å². The van der Waals surface area contributed by atoms with Gasteiger partial charge in [0.1, 0.15) is 11.9 Å². The number of benzene rings is 3. The minimum atomic E-state index is -0.745. The minimum Gasteiger partial charge on any atom is -0.399 e. The average molecular weight is 579 g/mol. The highest BCUT2D eigenvalue weighted by Gasteiger charge is 2.26. The van der Waals surface area contributed by atoms with E-state index in [9.17, 15) is 14.7 Å². The van der Waals surface area contributed by atoms with E-state index in [0.717, 1.165) is 44.7 Å². The monoisotopic (exact) mass is 578 g/mol. The second-order valence-corrected chi connectivity index (χ2v) is 11.2. The third-order valence-corrected chi connectivity index (χ3v) is 8.17. The highest BCUT2D eigenvalue weighted by Crippen LogP contribution is 2.30. The average Bonchev–Trinajstić information content (AvgIpc) is 3.32. The third-order valence-electron chi connectivity index (χ3n) is 8.17. The Labute approximate surface area is 251 Å². The van der Waals surface area contributed by atoms with Crippen LogP contribution in [0, 0.1) is 13.8 Å². The van der Waals surface area contributed by atoms with Crippen molar-refractivity contribution >= 4 is 28.1 Å². The van der Waals surface area contributed by atoms with E-state index in [-0.39, 0.29) is 24.0 Å². The lowest BCUT2D eigenvalue weighted by Gasteiger charge is -2.27. The minimum absolute atomic E-state index is 0.0244. The number of amides is 1. The van der Waals surface area contributed by atoms with Crippen molar-refractivity contribution in [2.75, 3.05) is 24.7 Å². The number of carbonyl (C=O) groups is 1. The zero-order chi connectivity index (χ0) is 30.8. The second-order valence-electron chi connectivity index (χ2n) is 11.2. The highest BCUT2D eigenvalue weighted by molar-refractivity contribution is 5.89. The van der Waals surface area contributed by atoms with Gasteiger partial charge in [-0.1, -0.05) is 37.3 Å². The van der Waals surface area contributed by atoms with Crippen LogP contribution in [-0.2, 0) is 18.4 Å². The van der Waals surface area contributed by atoms with Crippen LogP contribution < -0.4 is 16.6 Å². The van der Waals surface area contributed by atoms with E-state index in [1.807, 2.05) is 93.2 Å². The maximum absolute atomic E-state index is 14.3. The molecule has 0 aliphatic heterocycles. The number of aromatic nitrogens is 3. The number of nitrogens with one attached hydrogen (secondary N) is 2. The van der Waals surface area contributed by atoms with Gasteiger partial charge in [0.25, 0.3) is 5.56 Å². The van der Waals surface area contributed by atoms with E-state index >= 15 is 0 Å². The molecule has 0 saturated carbocycles. The summed E-state index contributed by atoms with van der Waals surface area (Å²) in [6, 6.07) is 18.2. The number of likely N-dealkylation sites (N-methyl/N-ethyl adjacent to an activating group) is 1. The number of aliphatic hydroxyl groups excluding tert-OH is 1. The van der Waals surface area contributed by atoms with Gasteiger partial charge < -0.3 is 30.6 Å². The molecular formula is C34H38N6O3. The molecule has 1 amide bonds. The van der Waals surface area contributed by atoms with Crippen LogP contribution in [0.4, 0.5) is 11.4 Å². The summed E-state index contributed by atoms with van der Waals surface area (Å²) in [6.45, 7) is 6.25. The highest BCUT2D eigenvalue weighted by atomic mass is 16.3. The molecule has 2 heterocycles. The summed E-state index contributed by atoms with van der Waals surface area (Å²) < 4.78 is 2.01. The summed E-state index contributed by atoms with van der Waals surface area (Å²) in [5.41, 5.74) is 12.8. The molecule has 0 radical (unpaired) electrons. The van der Waals surface area contributed by atoms with Gasteiger partial charge in [0.2, 0.25) is 5.91 Å². The third kappa shape index (κ3) is 6.03. The van der Waals surface area contributed by atoms with Crippen LogP contribution in [0.25, 0.3) is 22.0 Å². The maximum Gasteiger partial charge on any atom is 0.255 e. The van der Waals surface area contributed by atoms with E-state index < -0.39 is 6.04 Å². The molecule has 43 heavy (non-hydrogen) atoms. The molecule has 2 atom stereocenters. The van der Waals surface area contributed by atoms with Gasteiger partial charge in [0.15, 0.2) is 0 Å². The van der Waals surface area contributed by atoms with Crippen molar-refractivity contribution in [2.45, 2.75) is 39.3 Å². The number of nitrogen functional groups attached to an aromatic ring is 1. The number of carbonyl (C=O) groups excluding carboxylic acids is 1. The molecule has 0 aliphatic rings. The Morgan fingerprint density at radius 3 is 2.60 bits per heavy atom. The van der Waals surface area contributed by atoms with Crippen LogP contribution in [0.3, 0.4) is 0 Å². The van der Waals surface area contributed by atoms with Gasteiger partial charge in [0, 0.05) is 61.7 Å². The number of hydrogen-bond acceptors (Lipinski definition) is 6. The quantitative estimate of drug-likeness (QED) is 0.182. The first-order valence-corrected chi connectivity index (χ1v) is 14.3. The van der Waals surface area contributed by atoms with Crippen molar-refractivity contribution < 1.29 is 9.90 Å². The number of nitrogens with two attached hydrogens (primary N) is 1. The van der Waals surface area contributed by atoms with Crippen LogP contribution in [-0.4, -0.2) is 44.1 Å². The number of hydrogen-bond donors (Lipinski definition) is 4. The predicted octanol–water partition coefficient (Wildman–Crippen LogP) is 5.04. The second kappa shape index (κ2) is 12.1. The molecule has 9 heteroatoms.